The Hall–Kier alpha value is -0.890. The smallest absolute Gasteiger partial charge is 0.123 e. The molecule has 0 aromatic heterocycles. The normalized spacial score (nSPS) is 27.8. The molecule has 1 saturated heterocycles. The number of hydrogen-bond donors (Lipinski definition) is 1. The minimum Gasteiger partial charge on any atom is -0.316 e. The summed E-state index contributed by atoms with van der Waals surface area (Å²) in [7, 11) is 0. The molecule has 13 heavy (non-hydrogen) atoms. The Bertz CT molecular complexity index is 298. The van der Waals surface area contributed by atoms with E-state index < -0.39 is 0 Å². The lowest BCUT2D eigenvalue weighted by Gasteiger charge is -2.14. The molecule has 2 rings (SSSR count). The number of nitrogens with one attached hydrogen (secondary N) is 1. The topological polar surface area (TPSA) is 12.0 Å². The van der Waals surface area contributed by atoms with E-state index in [4.69, 9.17) is 0 Å². The maximum absolute atomic E-state index is 12.9. The van der Waals surface area contributed by atoms with Crippen molar-refractivity contribution >= 4 is 0 Å². The van der Waals surface area contributed by atoms with E-state index in [9.17, 15) is 4.39 Å². The zero-order valence-corrected chi connectivity index (χ0v) is 7.76. The molecule has 70 valence electrons. The third-order valence-electron chi connectivity index (χ3n) is 2.79. The molecule has 0 bridgehead atoms. The molecule has 1 N–H and O–H groups in total. The van der Waals surface area contributed by atoms with Crippen molar-refractivity contribution in [1.82, 2.24) is 5.32 Å². The van der Waals surface area contributed by atoms with E-state index in [1.165, 1.54) is 6.07 Å². The van der Waals surface area contributed by atoms with E-state index in [1.54, 1.807) is 12.1 Å². The molecule has 1 aromatic rings. The molecule has 0 amide bonds. The van der Waals surface area contributed by atoms with Gasteiger partial charge in [-0.15, -0.1) is 0 Å². The predicted molar refractivity (Wildman–Crippen MR) is 51.2 cm³/mol. The van der Waals surface area contributed by atoms with E-state index >= 15 is 0 Å². The highest BCUT2D eigenvalue weighted by atomic mass is 19.1. The van der Waals surface area contributed by atoms with Crippen molar-refractivity contribution in [3.05, 3.63) is 35.6 Å². The molecular weight excluding hydrogens is 165 g/mol. The van der Waals surface area contributed by atoms with Gasteiger partial charge in [0.25, 0.3) is 0 Å². The van der Waals surface area contributed by atoms with E-state index in [0.29, 0.717) is 11.8 Å². The van der Waals surface area contributed by atoms with Crippen LogP contribution in [0.3, 0.4) is 0 Å². The molecule has 0 unspecified atom stereocenters. The van der Waals surface area contributed by atoms with Crippen molar-refractivity contribution in [2.45, 2.75) is 12.8 Å². The molecule has 1 aromatic carbocycles. The number of halogens is 1. The molecular formula is C11H14FN. The summed E-state index contributed by atoms with van der Waals surface area (Å²) in [5.74, 6) is 0.967. The molecule has 1 nitrogen and oxygen atoms in total. The Morgan fingerprint density at radius 2 is 2.23 bits per heavy atom. The Balaban J connectivity index is 2.24. The van der Waals surface area contributed by atoms with Crippen molar-refractivity contribution < 1.29 is 4.39 Å². The van der Waals surface area contributed by atoms with Crippen LogP contribution in [0.15, 0.2) is 24.3 Å². The van der Waals surface area contributed by atoms with Crippen LogP contribution in [0.4, 0.5) is 4.39 Å². The Morgan fingerprint density at radius 1 is 1.38 bits per heavy atom. The van der Waals surface area contributed by atoms with Crippen LogP contribution in [0.25, 0.3) is 0 Å². The summed E-state index contributed by atoms with van der Waals surface area (Å²) >= 11 is 0. The van der Waals surface area contributed by atoms with E-state index in [2.05, 4.69) is 12.2 Å². The number of benzene rings is 1. The Labute approximate surface area is 78.0 Å². The summed E-state index contributed by atoms with van der Waals surface area (Å²) in [5.41, 5.74) is 1.12. The fourth-order valence-electron chi connectivity index (χ4n) is 1.99. The van der Waals surface area contributed by atoms with E-state index in [-0.39, 0.29) is 5.82 Å². The third kappa shape index (κ3) is 1.73. The lowest BCUT2D eigenvalue weighted by Crippen LogP contribution is -2.08. The standard InChI is InChI=1S/C11H14FN/c1-8-6-13-7-11(8)9-3-2-4-10(12)5-9/h2-5,8,11,13H,6-7H2,1H3/t8-,11-/m1/s1. The molecule has 1 aliphatic rings. The van der Waals surface area contributed by atoms with Gasteiger partial charge in [0, 0.05) is 12.5 Å². The van der Waals surface area contributed by atoms with E-state index in [0.717, 1.165) is 18.7 Å². The van der Waals surface area contributed by atoms with Gasteiger partial charge in [-0.25, -0.2) is 4.39 Å². The van der Waals surface area contributed by atoms with Crippen LogP contribution in [0, 0.1) is 11.7 Å². The van der Waals surface area contributed by atoms with Crippen molar-refractivity contribution in [2.75, 3.05) is 13.1 Å². The highest BCUT2D eigenvalue weighted by Crippen LogP contribution is 2.27. The number of hydrogen-bond acceptors (Lipinski definition) is 1. The maximum atomic E-state index is 12.9. The van der Waals surface area contributed by atoms with Gasteiger partial charge in [-0.05, 0) is 30.2 Å². The molecule has 1 heterocycles. The highest BCUT2D eigenvalue weighted by molar-refractivity contribution is 5.22. The Kier molecular flexibility index (Phi) is 2.32. The predicted octanol–water partition coefficient (Wildman–Crippen LogP) is 2.15. The van der Waals surface area contributed by atoms with Gasteiger partial charge in [-0.3, -0.25) is 0 Å². The van der Waals surface area contributed by atoms with Crippen LogP contribution in [0.2, 0.25) is 0 Å². The van der Waals surface area contributed by atoms with Crippen molar-refractivity contribution in [3.8, 4) is 0 Å². The van der Waals surface area contributed by atoms with Crippen LogP contribution < -0.4 is 5.32 Å². The summed E-state index contributed by atoms with van der Waals surface area (Å²) in [4.78, 5) is 0. The van der Waals surface area contributed by atoms with E-state index in [1.807, 2.05) is 6.07 Å². The van der Waals surface area contributed by atoms with Crippen LogP contribution in [0.1, 0.15) is 18.4 Å². The molecule has 2 heteroatoms. The maximum Gasteiger partial charge on any atom is 0.123 e. The minimum atomic E-state index is -0.128. The second-order valence-corrected chi connectivity index (χ2v) is 3.80. The largest absolute Gasteiger partial charge is 0.316 e. The summed E-state index contributed by atoms with van der Waals surface area (Å²) in [6.07, 6.45) is 0. The van der Waals surface area contributed by atoms with Gasteiger partial charge < -0.3 is 5.32 Å². The van der Waals surface area contributed by atoms with Crippen LogP contribution in [-0.4, -0.2) is 13.1 Å². The summed E-state index contributed by atoms with van der Waals surface area (Å²) in [6, 6.07) is 6.94. The van der Waals surface area contributed by atoms with Gasteiger partial charge in [-0.2, -0.15) is 0 Å². The first kappa shape index (κ1) is 8.70. The van der Waals surface area contributed by atoms with Gasteiger partial charge in [0.2, 0.25) is 0 Å². The summed E-state index contributed by atoms with van der Waals surface area (Å²) in [5, 5.41) is 3.32. The van der Waals surface area contributed by atoms with Crippen molar-refractivity contribution in [3.63, 3.8) is 0 Å². The second-order valence-electron chi connectivity index (χ2n) is 3.80. The lowest BCUT2D eigenvalue weighted by molar-refractivity contribution is 0.564. The SMILES string of the molecule is C[C@@H]1CNC[C@H]1c1cccc(F)c1. The average Bonchev–Trinajstić information content (AvgIpc) is 2.51. The van der Waals surface area contributed by atoms with Crippen molar-refractivity contribution in [2.24, 2.45) is 5.92 Å². The van der Waals surface area contributed by atoms with Crippen LogP contribution in [-0.2, 0) is 0 Å². The first-order valence-corrected chi connectivity index (χ1v) is 4.73. The summed E-state index contributed by atoms with van der Waals surface area (Å²) < 4.78 is 12.9. The van der Waals surface area contributed by atoms with Gasteiger partial charge in [0.15, 0.2) is 0 Å². The number of rotatable bonds is 1. The molecule has 0 spiro atoms. The lowest BCUT2D eigenvalue weighted by atomic mass is 9.90. The first-order chi connectivity index (χ1) is 6.27. The van der Waals surface area contributed by atoms with Crippen molar-refractivity contribution in [1.29, 1.82) is 0 Å². The third-order valence-corrected chi connectivity index (χ3v) is 2.79. The molecule has 0 radical (unpaired) electrons. The van der Waals surface area contributed by atoms with Gasteiger partial charge in [0.05, 0.1) is 0 Å². The van der Waals surface area contributed by atoms with Crippen LogP contribution in [0.5, 0.6) is 0 Å². The monoisotopic (exact) mass is 179 g/mol. The highest BCUT2D eigenvalue weighted by Gasteiger charge is 2.24. The second kappa shape index (κ2) is 3.46. The zero-order valence-electron chi connectivity index (χ0n) is 7.76. The van der Waals surface area contributed by atoms with Gasteiger partial charge in [-0.1, -0.05) is 19.1 Å². The molecule has 0 saturated carbocycles. The zero-order chi connectivity index (χ0) is 9.26. The fraction of sp³-hybridized carbons (Fsp3) is 0.455. The molecule has 1 fully saturated rings. The molecule has 2 atom stereocenters. The molecule has 1 aliphatic heterocycles. The van der Waals surface area contributed by atoms with Crippen LogP contribution >= 0.6 is 0 Å². The molecule has 0 aliphatic carbocycles. The van der Waals surface area contributed by atoms with Gasteiger partial charge in [0.1, 0.15) is 5.82 Å². The van der Waals surface area contributed by atoms with Gasteiger partial charge >= 0.3 is 0 Å². The average molecular weight is 179 g/mol. The first-order valence-electron chi connectivity index (χ1n) is 4.73. The minimum absolute atomic E-state index is 0.128. The quantitative estimate of drug-likeness (QED) is 0.696. The Morgan fingerprint density at radius 3 is 2.85 bits per heavy atom. The summed E-state index contributed by atoms with van der Waals surface area (Å²) in [6.45, 7) is 4.22. The fourth-order valence-corrected chi connectivity index (χ4v) is 1.99.